The number of piperidine rings is 1. The second-order valence-electron chi connectivity index (χ2n) is 5.00. The molecule has 0 saturated carbocycles. The van der Waals surface area contributed by atoms with Gasteiger partial charge in [0.25, 0.3) is 5.92 Å². The second kappa shape index (κ2) is 3.89. The summed E-state index contributed by atoms with van der Waals surface area (Å²) in [5, 5.41) is 19.6. The highest BCUT2D eigenvalue weighted by molar-refractivity contribution is 5.09. The second-order valence-corrected chi connectivity index (χ2v) is 5.00. The van der Waals surface area contributed by atoms with Crippen LogP contribution in [-0.2, 0) is 0 Å². The first-order chi connectivity index (χ1) is 7.41. The highest BCUT2D eigenvalue weighted by atomic mass is 19.3. The molecule has 2 aliphatic rings. The summed E-state index contributed by atoms with van der Waals surface area (Å²) in [6.45, 7) is 3.89. The maximum atomic E-state index is 14.0. The maximum Gasteiger partial charge on any atom is 0.268 e. The molecule has 5 heteroatoms. The van der Waals surface area contributed by atoms with Gasteiger partial charge >= 0.3 is 0 Å². The van der Waals surface area contributed by atoms with Gasteiger partial charge in [0, 0.05) is 12.0 Å². The molecule has 0 aromatic carbocycles. The number of nitrogens with zero attached hydrogens (tertiary/aromatic N) is 1. The van der Waals surface area contributed by atoms with E-state index in [4.69, 9.17) is 0 Å². The minimum atomic E-state index is -2.91. The first kappa shape index (κ1) is 12.2. The van der Waals surface area contributed by atoms with Gasteiger partial charge in [-0.2, -0.15) is 0 Å². The van der Waals surface area contributed by atoms with Gasteiger partial charge in [0.15, 0.2) is 0 Å². The molecule has 0 aliphatic carbocycles. The SMILES string of the molecule is CC[C@@H]1[C@H](O)[C@@H](O)[C@H]2N1CC[C@H](C)C2(F)F. The Morgan fingerprint density at radius 3 is 2.50 bits per heavy atom. The van der Waals surface area contributed by atoms with Crippen LogP contribution in [-0.4, -0.2) is 51.9 Å². The van der Waals surface area contributed by atoms with E-state index in [0.717, 1.165) is 0 Å². The molecule has 2 fully saturated rings. The lowest BCUT2D eigenvalue weighted by molar-refractivity contribution is -0.164. The number of aliphatic hydroxyl groups is 2. The molecule has 0 amide bonds. The summed E-state index contributed by atoms with van der Waals surface area (Å²) in [5.74, 6) is -3.64. The van der Waals surface area contributed by atoms with Gasteiger partial charge in [-0.1, -0.05) is 13.8 Å². The van der Waals surface area contributed by atoms with Crippen LogP contribution in [0.15, 0.2) is 0 Å². The Hall–Kier alpha value is -0.260. The molecular weight excluding hydrogens is 216 g/mol. The number of halogens is 2. The van der Waals surface area contributed by atoms with Crippen molar-refractivity contribution in [3.63, 3.8) is 0 Å². The van der Waals surface area contributed by atoms with E-state index in [1.807, 2.05) is 6.92 Å². The van der Waals surface area contributed by atoms with Crippen LogP contribution in [0.4, 0.5) is 8.78 Å². The van der Waals surface area contributed by atoms with E-state index in [0.29, 0.717) is 19.4 Å². The highest BCUT2D eigenvalue weighted by Gasteiger charge is 2.61. The lowest BCUT2D eigenvalue weighted by atomic mass is 9.87. The van der Waals surface area contributed by atoms with E-state index in [9.17, 15) is 19.0 Å². The third kappa shape index (κ3) is 1.49. The van der Waals surface area contributed by atoms with Gasteiger partial charge in [-0.15, -0.1) is 0 Å². The van der Waals surface area contributed by atoms with Gasteiger partial charge in [-0.25, -0.2) is 8.78 Å². The lowest BCUT2D eigenvalue weighted by Gasteiger charge is -2.42. The molecule has 16 heavy (non-hydrogen) atoms. The van der Waals surface area contributed by atoms with Crippen molar-refractivity contribution >= 4 is 0 Å². The quantitative estimate of drug-likeness (QED) is 0.708. The van der Waals surface area contributed by atoms with Crippen molar-refractivity contribution in [3.8, 4) is 0 Å². The molecule has 94 valence electrons. The van der Waals surface area contributed by atoms with E-state index in [1.165, 1.54) is 6.92 Å². The fourth-order valence-electron chi connectivity index (χ4n) is 3.07. The molecule has 2 aliphatic heterocycles. The van der Waals surface area contributed by atoms with Crippen molar-refractivity contribution in [2.45, 2.75) is 56.9 Å². The summed E-state index contributed by atoms with van der Waals surface area (Å²) in [6.07, 6.45) is -1.38. The molecule has 0 spiro atoms. The Labute approximate surface area is 94.1 Å². The van der Waals surface area contributed by atoms with Crippen molar-refractivity contribution in [2.75, 3.05) is 6.54 Å². The topological polar surface area (TPSA) is 43.7 Å². The monoisotopic (exact) mass is 235 g/mol. The van der Waals surface area contributed by atoms with Crippen molar-refractivity contribution in [3.05, 3.63) is 0 Å². The van der Waals surface area contributed by atoms with Crippen molar-refractivity contribution in [1.29, 1.82) is 0 Å². The van der Waals surface area contributed by atoms with Crippen molar-refractivity contribution < 1.29 is 19.0 Å². The Morgan fingerprint density at radius 1 is 1.31 bits per heavy atom. The normalized spacial score (nSPS) is 48.0. The summed E-state index contributed by atoms with van der Waals surface area (Å²) in [4.78, 5) is 1.59. The van der Waals surface area contributed by atoms with Gasteiger partial charge in [0.2, 0.25) is 0 Å². The van der Waals surface area contributed by atoms with Crippen molar-refractivity contribution in [2.24, 2.45) is 5.92 Å². The molecule has 2 rings (SSSR count). The Bertz CT molecular complexity index is 275. The van der Waals surface area contributed by atoms with E-state index < -0.39 is 30.1 Å². The third-order valence-corrected chi connectivity index (χ3v) is 4.14. The van der Waals surface area contributed by atoms with E-state index >= 15 is 0 Å². The fraction of sp³-hybridized carbons (Fsp3) is 1.00. The zero-order chi connectivity index (χ0) is 12.1. The van der Waals surface area contributed by atoms with E-state index in [2.05, 4.69) is 0 Å². The summed E-state index contributed by atoms with van der Waals surface area (Å²) in [7, 11) is 0. The Morgan fingerprint density at radius 2 is 1.94 bits per heavy atom. The molecular formula is C11H19F2NO2. The van der Waals surface area contributed by atoms with Crippen LogP contribution < -0.4 is 0 Å². The van der Waals surface area contributed by atoms with Crippen molar-refractivity contribution in [1.82, 2.24) is 4.90 Å². The van der Waals surface area contributed by atoms with E-state index in [-0.39, 0.29) is 6.04 Å². The predicted octanol–water partition coefficient (Wildman–Crippen LogP) is 0.846. The standard InChI is InChI=1S/C11H19F2NO2/c1-3-7-8(15)9(16)10-11(12,13)6(2)4-5-14(7)10/h6-10,15-16H,3-5H2,1-2H3/t6-,7+,8-,9+,10+/m0/s1. The average molecular weight is 235 g/mol. The molecule has 3 nitrogen and oxygen atoms in total. The number of alkyl halides is 2. The van der Waals surface area contributed by atoms with Gasteiger partial charge in [-0.3, -0.25) is 4.90 Å². The molecule has 0 radical (unpaired) electrons. The van der Waals surface area contributed by atoms with Crippen LogP contribution in [0.25, 0.3) is 0 Å². The van der Waals surface area contributed by atoms with Gasteiger partial charge < -0.3 is 10.2 Å². The zero-order valence-corrected chi connectivity index (χ0v) is 9.61. The molecule has 0 unspecified atom stereocenters. The first-order valence-electron chi connectivity index (χ1n) is 5.91. The smallest absolute Gasteiger partial charge is 0.268 e. The van der Waals surface area contributed by atoms with Crippen LogP contribution in [0.1, 0.15) is 26.7 Å². The number of fused-ring (bicyclic) bond motifs is 1. The van der Waals surface area contributed by atoms with Crippen LogP contribution in [0, 0.1) is 5.92 Å². The molecule has 2 heterocycles. The Kier molecular flexibility index (Phi) is 2.97. The van der Waals surface area contributed by atoms with Crippen LogP contribution >= 0.6 is 0 Å². The molecule has 0 aromatic heterocycles. The van der Waals surface area contributed by atoms with Gasteiger partial charge in [0.1, 0.15) is 12.1 Å². The minimum absolute atomic E-state index is 0.335. The Balaban J connectivity index is 2.30. The summed E-state index contributed by atoms with van der Waals surface area (Å²) < 4.78 is 27.9. The number of rotatable bonds is 1. The maximum absolute atomic E-state index is 14.0. The van der Waals surface area contributed by atoms with Crippen LogP contribution in [0.5, 0.6) is 0 Å². The summed E-state index contributed by atoms with van der Waals surface area (Å²) in [5.41, 5.74) is 0. The van der Waals surface area contributed by atoms with Gasteiger partial charge in [-0.05, 0) is 19.4 Å². The largest absolute Gasteiger partial charge is 0.389 e. The number of aliphatic hydroxyl groups excluding tert-OH is 2. The average Bonchev–Trinajstić information content (AvgIpc) is 2.47. The molecule has 0 aromatic rings. The molecule has 5 atom stereocenters. The number of hydrogen-bond acceptors (Lipinski definition) is 3. The lowest BCUT2D eigenvalue weighted by Crippen LogP contribution is -2.58. The third-order valence-electron chi connectivity index (χ3n) is 4.14. The first-order valence-corrected chi connectivity index (χ1v) is 5.91. The molecule has 2 saturated heterocycles. The number of hydrogen-bond donors (Lipinski definition) is 2. The summed E-state index contributed by atoms with van der Waals surface area (Å²) in [6, 6.07) is -1.55. The fourth-order valence-corrected chi connectivity index (χ4v) is 3.07. The molecule has 2 N–H and O–H groups in total. The minimum Gasteiger partial charge on any atom is -0.389 e. The predicted molar refractivity (Wildman–Crippen MR) is 55.3 cm³/mol. The van der Waals surface area contributed by atoms with Crippen LogP contribution in [0.3, 0.4) is 0 Å². The highest BCUT2D eigenvalue weighted by Crippen LogP contribution is 2.45. The van der Waals surface area contributed by atoms with E-state index in [1.54, 1.807) is 4.90 Å². The van der Waals surface area contributed by atoms with Gasteiger partial charge in [0.05, 0.1) is 6.10 Å². The van der Waals surface area contributed by atoms with Crippen LogP contribution in [0.2, 0.25) is 0 Å². The summed E-state index contributed by atoms with van der Waals surface area (Å²) >= 11 is 0. The zero-order valence-electron chi connectivity index (χ0n) is 9.61. The molecule has 0 bridgehead atoms.